The van der Waals surface area contributed by atoms with Gasteiger partial charge in [0, 0.05) is 0 Å². The van der Waals surface area contributed by atoms with E-state index in [0.717, 1.165) is 5.56 Å². The zero-order chi connectivity index (χ0) is 27.0. The summed E-state index contributed by atoms with van der Waals surface area (Å²) < 4.78 is 10.0. The minimum atomic E-state index is -4.04. The third-order valence-corrected chi connectivity index (χ3v) is 20.9. The van der Waals surface area contributed by atoms with Gasteiger partial charge in [-0.15, -0.1) is 0 Å². The molecule has 0 heterocycles. The van der Waals surface area contributed by atoms with E-state index in [1.165, 1.54) is 10.7 Å². The number of ether oxygens (including phenoxy) is 1. The van der Waals surface area contributed by atoms with Crippen LogP contribution in [-0.2, 0) is 4.74 Å². The van der Waals surface area contributed by atoms with Crippen LogP contribution in [0.25, 0.3) is 6.08 Å². The average molecular weight is 610 g/mol. The summed E-state index contributed by atoms with van der Waals surface area (Å²) in [6.07, 6.45) is 3.96. The van der Waals surface area contributed by atoms with Crippen LogP contribution >= 0.6 is 0 Å². The summed E-state index contributed by atoms with van der Waals surface area (Å²) in [6, 6.07) is 42.3. The molecule has 0 bridgehead atoms. The van der Waals surface area contributed by atoms with Gasteiger partial charge in [0.1, 0.15) is 0 Å². The second-order valence-corrected chi connectivity index (χ2v) is 21.3. The van der Waals surface area contributed by atoms with Gasteiger partial charge in [-0.1, -0.05) is 0 Å². The van der Waals surface area contributed by atoms with Crippen LogP contribution in [0.2, 0.25) is 0 Å². The number of carbonyl (C=O) groups is 1. The van der Waals surface area contributed by atoms with E-state index in [1.54, 1.807) is 0 Å². The molecule has 0 N–H and O–H groups in total. The van der Waals surface area contributed by atoms with E-state index in [4.69, 9.17) is 4.74 Å². The van der Waals surface area contributed by atoms with Gasteiger partial charge in [0.25, 0.3) is 0 Å². The van der Waals surface area contributed by atoms with E-state index in [9.17, 15) is 4.79 Å². The van der Waals surface area contributed by atoms with E-state index in [2.05, 4.69) is 115 Å². The van der Waals surface area contributed by atoms with Gasteiger partial charge in [0.15, 0.2) is 0 Å². The maximum absolute atomic E-state index is 13.9. The van der Waals surface area contributed by atoms with E-state index in [0.29, 0.717) is 0 Å². The number of benzene rings is 4. The molecule has 0 saturated carbocycles. The molecule has 0 fully saturated rings. The summed E-state index contributed by atoms with van der Waals surface area (Å²) in [6.45, 7) is 8.16. The van der Waals surface area contributed by atoms with Gasteiger partial charge in [-0.25, -0.2) is 0 Å². The van der Waals surface area contributed by atoms with Gasteiger partial charge < -0.3 is 0 Å². The quantitative estimate of drug-likeness (QED) is 0.217. The number of hydrogen-bond acceptors (Lipinski definition) is 2. The first kappa shape index (κ1) is 27.7. The van der Waals surface area contributed by atoms with Gasteiger partial charge in [0.05, 0.1) is 0 Å². The summed E-state index contributed by atoms with van der Waals surface area (Å²) >= 11 is -4.04. The molecule has 0 saturated heterocycles. The Kier molecular flexibility index (Phi) is 9.46. The van der Waals surface area contributed by atoms with Crippen molar-refractivity contribution < 1.29 is 9.53 Å². The molecule has 0 aromatic heterocycles. The van der Waals surface area contributed by atoms with Crippen LogP contribution in [0.3, 0.4) is 0 Å². The van der Waals surface area contributed by atoms with Gasteiger partial charge in [-0.2, -0.15) is 0 Å². The molecule has 38 heavy (non-hydrogen) atoms. The zero-order valence-corrected chi connectivity index (χ0v) is 25.6. The van der Waals surface area contributed by atoms with Crippen LogP contribution in [0, 0.1) is 0 Å². The van der Waals surface area contributed by atoms with Crippen LogP contribution in [0.1, 0.15) is 33.3 Å². The Balaban J connectivity index is 2.00. The number of nitrogens with zero attached hydrogens (tertiary/aromatic N) is 1. The second kappa shape index (κ2) is 13.0. The first-order valence-electron chi connectivity index (χ1n) is 13.3. The van der Waals surface area contributed by atoms with Crippen molar-refractivity contribution in [2.75, 3.05) is 0 Å². The van der Waals surface area contributed by atoms with Crippen molar-refractivity contribution in [1.29, 1.82) is 0 Å². The van der Waals surface area contributed by atoms with Gasteiger partial charge in [-0.05, 0) is 0 Å². The molecule has 1 atom stereocenters. The normalized spacial score (nSPS) is 12.6. The van der Waals surface area contributed by atoms with Gasteiger partial charge in [0.2, 0.25) is 0 Å². The fourth-order valence-electron chi connectivity index (χ4n) is 5.32. The first-order valence-corrected chi connectivity index (χ1v) is 19.3. The Morgan fingerprint density at radius 3 is 1.37 bits per heavy atom. The Morgan fingerprint density at radius 1 is 0.632 bits per heavy atom. The fraction of sp³-hybridized carbons (Fsp3) is 0.206. The minimum absolute atomic E-state index is 0.0241. The fourth-order valence-corrected chi connectivity index (χ4v) is 19.0. The van der Waals surface area contributed by atoms with Crippen molar-refractivity contribution in [3.8, 4) is 0 Å². The first-order chi connectivity index (χ1) is 18.4. The summed E-state index contributed by atoms with van der Waals surface area (Å²) in [5.41, 5.74) is 1.08. The Morgan fingerprint density at radius 2 is 1.00 bits per heavy atom. The molecule has 1 amide bonds. The molecule has 0 unspecified atom stereocenters. The number of hydrogen-bond donors (Lipinski definition) is 0. The van der Waals surface area contributed by atoms with Crippen LogP contribution in [0.4, 0.5) is 4.79 Å². The van der Waals surface area contributed by atoms with Crippen molar-refractivity contribution in [2.24, 2.45) is 0 Å². The molecule has 0 aliphatic rings. The predicted octanol–water partition coefficient (Wildman–Crippen LogP) is 6.03. The Hall–Kier alpha value is -3.31. The van der Waals surface area contributed by atoms with E-state index in [1.807, 2.05) is 50.8 Å². The van der Waals surface area contributed by atoms with E-state index < -0.39 is 22.5 Å². The molecular weight excluding hydrogens is 573 g/mol. The SMILES string of the molecule is CC(C)N(C(=O)O[C@H](/C=C/c1ccccc1)[Sn]([c]1ccccc1)([c]1ccccc1)[c]1ccccc1)C(C)C. The summed E-state index contributed by atoms with van der Waals surface area (Å²) in [4.78, 5) is 15.7. The molecular formula is C34H37NO2Sn. The monoisotopic (exact) mass is 611 g/mol. The van der Waals surface area contributed by atoms with E-state index >= 15 is 0 Å². The Bertz CT molecular complexity index is 1200. The number of amides is 1. The topological polar surface area (TPSA) is 29.5 Å². The third-order valence-electron chi connectivity index (χ3n) is 6.93. The van der Waals surface area contributed by atoms with Crippen molar-refractivity contribution >= 4 is 41.3 Å². The maximum atomic E-state index is 13.9. The molecule has 3 nitrogen and oxygen atoms in total. The number of rotatable bonds is 9. The van der Waals surface area contributed by atoms with Gasteiger partial charge >= 0.3 is 233 Å². The third kappa shape index (κ3) is 6.05. The molecule has 4 aromatic carbocycles. The van der Waals surface area contributed by atoms with Crippen LogP contribution < -0.4 is 10.7 Å². The predicted molar refractivity (Wildman–Crippen MR) is 162 cm³/mol. The molecule has 4 heteroatoms. The molecule has 0 radical (unpaired) electrons. The van der Waals surface area contributed by atoms with Crippen LogP contribution in [0.5, 0.6) is 0 Å². The average Bonchev–Trinajstić information content (AvgIpc) is 2.94. The summed E-state index contributed by atoms with van der Waals surface area (Å²) in [5, 5.41) is 0. The molecule has 0 aliphatic carbocycles. The van der Waals surface area contributed by atoms with Crippen molar-refractivity contribution in [3.63, 3.8) is 0 Å². The molecule has 0 aliphatic heterocycles. The molecule has 194 valence electrons. The van der Waals surface area contributed by atoms with Crippen LogP contribution in [0.15, 0.2) is 127 Å². The number of carbonyl (C=O) groups excluding carboxylic acids is 1. The van der Waals surface area contributed by atoms with Crippen LogP contribution in [-0.4, -0.2) is 45.6 Å². The standard InChI is InChI=1S/C16H22NO2.3C6H5.Sn/c1-13(2)17(14(3)4)16(18)19-12-8-11-15-9-6-5-7-10-15;3*1-2-4-6-5-3-1;/h5-14H,1-4H3;3*1-5H;/b11-8+;;;;. The Labute approximate surface area is 231 Å². The van der Waals surface area contributed by atoms with Crippen molar-refractivity contribution in [3.05, 3.63) is 133 Å². The summed E-state index contributed by atoms with van der Waals surface area (Å²) in [7, 11) is 0. The zero-order valence-electron chi connectivity index (χ0n) is 22.7. The van der Waals surface area contributed by atoms with Crippen molar-refractivity contribution in [1.82, 2.24) is 4.90 Å². The molecule has 4 aromatic rings. The van der Waals surface area contributed by atoms with Gasteiger partial charge in [-0.3, -0.25) is 0 Å². The molecule has 0 spiro atoms. The molecule has 4 rings (SSSR count). The van der Waals surface area contributed by atoms with Crippen molar-refractivity contribution in [2.45, 2.75) is 43.9 Å². The second-order valence-electron chi connectivity index (χ2n) is 10.1. The summed E-state index contributed by atoms with van der Waals surface area (Å²) in [5.74, 6) is 0. The van der Waals surface area contributed by atoms with E-state index in [-0.39, 0.29) is 18.2 Å².